The number of carbonyl (C=O) groups is 1. The molecule has 0 aromatic carbocycles. The van der Waals surface area contributed by atoms with E-state index in [4.69, 9.17) is 9.05 Å². The minimum absolute atomic E-state index is 0.0150. The van der Waals surface area contributed by atoms with Crippen LogP contribution in [-0.4, -0.2) is 68.5 Å². The summed E-state index contributed by atoms with van der Waals surface area (Å²) in [4.78, 5) is 25.5. The Morgan fingerprint density at radius 1 is 0.507 bits per heavy atom. The first kappa shape index (κ1) is 66.2. The second kappa shape index (κ2) is 50.2. The van der Waals surface area contributed by atoms with Gasteiger partial charge in [-0.15, -0.1) is 0 Å². The summed E-state index contributed by atoms with van der Waals surface area (Å²) in [7, 11) is 1.32. The summed E-state index contributed by atoms with van der Waals surface area (Å²) in [5, 5.41) is 14.0. The summed E-state index contributed by atoms with van der Waals surface area (Å²) in [5.74, 6) is -0.159. The lowest BCUT2D eigenvalue weighted by molar-refractivity contribution is -0.870. The lowest BCUT2D eigenvalue weighted by Gasteiger charge is -2.30. The number of allylic oxidation sites excluding steroid dienone is 2. The van der Waals surface area contributed by atoms with E-state index in [1.807, 2.05) is 21.1 Å². The van der Waals surface area contributed by atoms with Crippen LogP contribution in [0.1, 0.15) is 303 Å². The molecule has 3 unspecified atom stereocenters. The second-order valence-corrected chi connectivity index (χ2v) is 23.1. The molecule has 2 N–H and O–H groups in total. The van der Waals surface area contributed by atoms with E-state index in [0.717, 1.165) is 38.5 Å². The molecular weight excluding hydrogens is 852 g/mol. The maximum Gasteiger partial charge on any atom is 0.268 e. The smallest absolute Gasteiger partial charge is 0.268 e. The molecule has 9 heteroatoms. The van der Waals surface area contributed by atoms with E-state index < -0.39 is 20.0 Å². The van der Waals surface area contributed by atoms with Crippen LogP contribution in [0.3, 0.4) is 0 Å². The molecule has 0 aliphatic heterocycles. The minimum Gasteiger partial charge on any atom is -0.756 e. The molecule has 0 fully saturated rings. The van der Waals surface area contributed by atoms with E-state index in [-0.39, 0.29) is 19.1 Å². The number of aliphatic hydroxyl groups is 1. The Balaban J connectivity index is 4.02. The number of quaternary nitrogens is 1. The van der Waals surface area contributed by atoms with Crippen molar-refractivity contribution in [3.8, 4) is 0 Å². The van der Waals surface area contributed by atoms with Crippen LogP contribution in [0.15, 0.2) is 12.2 Å². The lowest BCUT2D eigenvalue weighted by Crippen LogP contribution is -2.46. The number of phosphoric acid groups is 1. The van der Waals surface area contributed by atoms with Gasteiger partial charge in [0.2, 0.25) is 5.91 Å². The second-order valence-electron chi connectivity index (χ2n) is 21.7. The molecule has 3 atom stereocenters. The molecule has 0 rings (SSSR count). The fourth-order valence-electron chi connectivity index (χ4n) is 9.10. The molecule has 0 bridgehead atoms. The Labute approximate surface area is 418 Å². The quantitative estimate of drug-likeness (QED) is 0.0272. The Morgan fingerprint density at radius 2 is 0.821 bits per heavy atom. The monoisotopic (exact) mass is 969 g/mol. The van der Waals surface area contributed by atoms with Crippen molar-refractivity contribution in [2.75, 3.05) is 40.9 Å². The van der Waals surface area contributed by atoms with E-state index in [1.165, 1.54) is 238 Å². The molecule has 8 nitrogen and oxygen atoms in total. The number of phosphoric ester groups is 1. The van der Waals surface area contributed by atoms with Crippen LogP contribution < -0.4 is 10.2 Å². The summed E-state index contributed by atoms with van der Waals surface area (Å²) >= 11 is 0. The van der Waals surface area contributed by atoms with Crippen molar-refractivity contribution in [3.63, 3.8) is 0 Å². The van der Waals surface area contributed by atoms with Crippen molar-refractivity contribution in [3.05, 3.63) is 12.2 Å². The van der Waals surface area contributed by atoms with Crippen LogP contribution >= 0.6 is 7.82 Å². The summed E-state index contributed by atoms with van der Waals surface area (Å²) in [6, 6.07) is -0.797. The van der Waals surface area contributed by atoms with Crippen LogP contribution in [0.4, 0.5) is 0 Å². The molecule has 0 heterocycles. The Kier molecular flexibility index (Phi) is 49.6. The molecule has 0 spiro atoms. The highest BCUT2D eigenvalue weighted by molar-refractivity contribution is 7.45. The predicted octanol–water partition coefficient (Wildman–Crippen LogP) is 17.2. The van der Waals surface area contributed by atoms with Gasteiger partial charge in [0.15, 0.2) is 0 Å². The zero-order valence-corrected chi connectivity index (χ0v) is 46.5. The number of carbonyl (C=O) groups excluding carboxylic acids is 1. The fourth-order valence-corrected chi connectivity index (χ4v) is 9.82. The van der Waals surface area contributed by atoms with Gasteiger partial charge < -0.3 is 28.8 Å². The molecule has 0 radical (unpaired) electrons. The van der Waals surface area contributed by atoms with Crippen LogP contribution in [0, 0.1) is 0 Å². The average Bonchev–Trinajstić information content (AvgIpc) is 3.29. The zero-order valence-electron chi connectivity index (χ0n) is 45.6. The topological polar surface area (TPSA) is 108 Å². The number of rotatable bonds is 55. The van der Waals surface area contributed by atoms with Gasteiger partial charge in [0, 0.05) is 6.42 Å². The molecule has 0 aromatic heterocycles. The normalized spacial score (nSPS) is 14.0. The van der Waals surface area contributed by atoms with E-state index in [0.29, 0.717) is 23.9 Å². The van der Waals surface area contributed by atoms with Gasteiger partial charge in [-0.25, -0.2) is 0 Å². The highest BCUT2D eigenvalue weighted by Gasteiger charge is 2.24. The number of hydrogen-bond acceptors (Lipinski definition) is 6. The first-order valence-corrected chi connectivity index (χ1v) is 31.0. The standard InChI is InChI=1S/C58H117N2O6P/c1-6-8-10-12-14-16-18-20-22-23-24-25-26-27-28-29-30-31-32-33-34-35-36-38-40-42-44-46-48-50-52-58(62)59-56(55-66-67(63,64)65-54-53-60(3,4)5)57(61)51-49-47-45-43-41-39-37-21-19-17-15-13-11-9-7-2/h27-28,56-57,61H,6-26,29-55H2,1-5H3,(H-,59,62,63,64)/b28-27-. The van der Waals surface area contributed by atoms with Gasteiger partial charge in [-0.3, -0.25) is 9.36 Å². The van der Waals surface area contributed by atoms with E-state index >= 15 is 0 Å². The predicted molar refractivity (Wildman–Crippen MR) is 289 cm³/mol. The maximum absolute atomic E-state index is 13.0. The molecule has 0 aromatic rings. The number of unbranched alkanes of at least 4 members (excludes halogenated alkanes) is 40. The third-order valence-corrected chi connectivity index (χ3v) is 14.7. The first-order valence-electron chi connectivity index (χ1n) is 29.5. The van der Waals surface area contributed by atoms with Crippen LogP contribution in [0.5, 0.6) is 0 Å². The summed E-state index contributed by atoms with van der Waals surface area (Å²) in [5.41, 5.74) is 0. The number of aliphatic hydroxyl groups excluding tert-OH is 1. The minimum atomic E-state index is -4.57. The largest absolute Gasteiger partial charge is 0.756 e. The molecule has 0 aliphatic rings. The van der Waals surface area contributed by atoms with Gasteiger partial charge in [-0.1, -0.05) is 270 Å². The molecule has 1 amide bonds. The number of nitrogens with zero attached hydrogens (tertiary/aromatic N) is 1. The van der Waals surface area contributed by atoms with Crippen molar-refractivity contribution >= 4 is 13.7 Å². The molecule has 67 heavy (non-hydrogen) atoms. The number of hydrogen-bond donors (Lipinski definition) is 2. The third kappa shape index (κ3) is 52.9. The van der Waals surface area contributed by atoms with E-state index in [2.05, 4.69) is 31.3 Å². The van der Waals surface area contributed by atoms with Crippen molar-refractivity contribution in [1.82, 2.24) is 5.32 Å². The number of likely N-dealkylation sites (N-methyl/N-ethyl adjacent to an activating group) is 1. The van der Waals surface area contributed by atoms with Gasteiger partial charge >= 0.3 is 0 Å². The Bertz CT molecular complexity index is 1100. The van der Waals surface area contributed by atoms with Crippen LogP contribution in [-0.2, 0) is 18.4 Å². The van der Waals surface area contributed by atoms with Gasteiger partial charge in [-0.2, -0.15) is 0 Å². The van der Waals surface area contributed by atoms with Crippen LogP contribution in [0.2, 0.25) is 0 Å². The highest BCUT2D eigenvalue weighted by Crippen LogP contribution is 2.38. The van der Waals surface area contributed by atoms with Crippen molar-refractivity contribution < 1.29 is 32.9 Å². The molecule has 400 valence electrons. The number of nitrogens with one attached hydrogen (secondary N) is 1. The lowest BCUT2D eigenvalue weighted by atomic mass is 10.0. The van der Waals surface area contributed by atoms with Gasteiger partial charge in [-0.05, 0) is 38.5 Å². The average molecular weight is 970 g/mol. The Hall–Kier alpha value is -0.760. The summed E-state index contributed by atoms with van der Waals surface area (Å²) in [6.45, 7) is 4.76. The molecule has 0 saturated carbocycles. The summed E-state index contributed by atoms with van der Waals surface area (Å²) < 4.78 is 23.4. The van der Waals surface area contributed by atoms with Gasteiger partial charge in [0.05, 0.1) is 39.9 Å². The molecule has 0 aliphatic carbocycles. The van der Waals surface area contributed by atoms with Crippen molar-refractivity contribution in [1.29, 1.82) is 0 Å². The fraction of sp³-hybridized carbons (Fsp3) is 0.948. The molecular formula is C58H117N2O6P. The van der Waals surface area contributed by atoms with Gasteiger partial charge in [0.1, 0.15) is 13.2 Å². The number of amides is 1. The zero-order chi connectivity index (χ0) is 49.2. The molecule has 0 saturated heterocycles. The first-order chi connectivity index (χ1) is 32.5. The maximum atomic E-state index is 13.0. The Morgan fingerprint density at radius 3 is 1.16 bits per heavy atom. The van der Waals surface area contributed by atoms with E-state index in [9.17, 15) is 19.4 Å². The van der Waals surface area contributed by atoms with Crippen LogP contribution in [0.25, 0.3) is 0 Å². The SMILES string of the molecule is CCCCCCCCCCCCCC/C=C\CCCCCCCCCCCCCCCCC(=O)NC(COP(=O)([O-])OCC[N+](C)(C)C)C(O)CCCCCCCCCCCCCCCCC. The van der Waals surface area contributed by atoms with Gasteiger partial charge in [0.25, 0.3) is 7.82 Å². The third-order valence-electron chi connectivity index (χ3n) is 13.8. The highest BCUT2D eigenvalue weighted by atomic mass is 31.2. The van der Waals surface area contributed by atoms with E-state index in [1.54, 1.807) is 0 Å². The summed E-state index contributed by atoms with van der Waals surface area (Å²) in [6.07, 6.45) is 61.1. The van der Waals surface area contributed by atoms with Crippen molar-refractivity contribution in [2.24, 2.45) is 0 Å². The van der Waals surface area contributed by atoms with Crippen molar-refractivity contribution in [2.45, 2.75) is 315 Å².